The van der Waals surface area contributed by atoms with E-state index in [2.05, 4.69) is 9.62 Å². The maximum Gasteiger partial charge on any atom is 0.261 e. The monoisotopic (exact) mass is 370 g/mol. The second-order valence-electron chi connectivity index (χ2n) is 7.34. The molecular weight excluding hydrogens is 344 g/mol. The van der Waals surface area contributed by atoms with Crippen molar-refractivity contribution in [2.45, 2.75) is 49.8 Å². The van der Waals surface area contributed by atoms with E-state index in [4.69, 9.17) is 0 Å². The summed E-state index contributed by atoms with van der Waals surface area (Å²) in [6, 6.07) is 13.3. The number of piperidine rings is 1. The van der Waals surface area contributed by atoms with Gasteiger partial charge in [0.2, 0.25) is 0 Å². The summed E-state index contributed by atoms with van der Waals surface area (Å²) < 4.78 is 28.2. The summed E-state index contributed by atoms with van der Waals surface area (Å²) in [5, 5.41) is 0. The van der Waals surface area contributed by atoms with Gasteiger partial charge in [-0.3, -0.25) is 4.72 Å². The first-order valence-corrected chi connectivity index (χ1v) is 11.1. The lowest BCUT2D eigenvalue weighted by molar-refractivity contribution is 0.578. The van der Waals surface area contributed by atoms with Crippen molar-refractivity contribution in [3.8, 4) is 0 Å². The van der Waals surface area contributed by atoms with Gasteiger partial charge in [-0.2, -0.15) is 0 Å². The summed E-state index contributed by atoms with van der Waals surface area (Å²) in [6.45, 7) is 2.17. The third-order valence-corrected chi connectivity index (χ3v) is 6.85. The molecule has 4 rings (SSSR count). The van der Waals surface area contributed by atoms with Gasteiger partial charge in [0.1, 0.15) is 0 Å². The van der Waals surface area contributed by atoms with Crippen molar-refractivity contribution >= 4 is 21.4 Å². The minimum absolute atomic E-state index is 0.359. The molecule has 1 aliphatic heterocycles. The number of hydrogen-bond acceptors (Lipinski definition) is 3. The van der Waals surface area contributed by atoms with Gasteiger partial charge in [-0.05, 0) is 92.5 Å². The Bertz CT molecular complexity index is 869. The van der Waals surface area contributed by atoms with E-state index in [1.165, 1.54) is 42.5 Å². The van der Waals surface area contributed by atoms with Crippen LogP contribution >= 0.6 is 0 Å². The second-order valence-corrected chi connectivity index (χ2v) is 9.02. The van der Waals surface area contributed by atoms with Crippen molar-refractivity contribution in [3.63, 3.8) is 0 Å². The van der Waals surface area contributed by atoms with Crippen molar-refractivity contribution in [3.05, 3.63) is 53.6 Å². The zero-order valence-corrected chi connectivity index (χ0v) is 15.9. The maximum atomic E-state index is 12.8. The molecule has 2 aliphatic rings. The predicted octanol–water partition coefficient (Wildman–Crippen LogP) is 4.36. The van der Waals surface area contributed by atoms with Crippen LogP contribution in [0, 0.1) is 0 Å². The Morgan fingerprint density at radius 2 is 1.46 bits per heavy atom. The number of benzene rings is 2. The highest BCUT2D eigenvalue weighted by atomic mass is 32.2. The van der Waals surface area contributed by atoms with Gasteiger partial charge in [-0.25, -0.2) is 8.42 Å². The van der Waals surface area contributed by atoms with Gasteiger partial charge in [-0.1, -0.05) is 6.07 Å². The number of hydrogen-bond donors (Lipinski definition) is 1. The number of fused-ring (bicyclic) bond motifs is 1. The third kappa shape index (κ3) is 3.73. The number of nitrogens with one attached hydrogen (secondary N) is 1. The van der Waals surface area contributed by atoms with Crippen molar-refractivity contribution in [1.29, 1.82) is 0 Å². The molecule has 1 aliphatic carbocycles. The molecule has 0 unspecified atom stereocenters. The number of aryl methyl sites for hydroxylation is 2. The molecule has 5 heteroatoms. The summed E-state index contributed by atoms with van der Waals surface area (Å²) in [5.74, 6) is 0. The Hall–Kier alpha value is -2.01. The normalized spacial score (nSPS) is 17.6. The van der Waals surface area contributed by atoms with Crippen LogP contribution in [-0.4, -0.2) is 21.5 Å². The average Bonchev–Trinajstić information content (AvgIpc) is 2.68. The number of sulfonamides is 1. The topological polar surface area (TPSA) is 49.4 Å². The number of anilines is 2. The quantitative estimate of drug-likeness (QED) is 0.870. The van der Waals surface area contributed by atoms with Crippen LogP contribution in [0.2, 0.25) is 0 Å². The van der Waals surface area contributed by atoms with E-state index < -0.39 is 10.0 Å². The fourth-order valence-electron chi connectivity index (χ4n) is 3.98. The molecule has 0 amide bonds. The fraction of sp³-hybridized carbons (Fsp3) is 0.429. The van der Waals surface area contributed by atoms with Gasteiger partial charge >= 0.3 is 0 Å². The molecule has 0 atom stereocenters. The van der Waals surface area contributed by atoms with Crippen molar-refractivity contribution in [1.82, 2.24) is 0 Å². The summed E-state index contributed by atoms with van der Waals surface area (Å²) in [4.78, 5) is 2.73. The molecule has 138 valence electrons. The summed E-state index contributed by atoms with van der Waals surface area (Å²) in [7, 11) is -3.55. The highest BCUT2D eigenvalue weighted by Crippen LogP contribution is 2.26. The van der Waals surface area contributed by atoms with Crippen LogP contribution < -0.4 is 9.62 Å². The molecule has 2 aromatic carbocycles. The molecule has 2 aromatic rings. The van der Waals surface area contributed by atoms with Crippen molar-refractivity contribution in [2.24, 2.45) is 0 Å². The molecular formula is C21H26N2O2S. The molecule has 0 bridgehead atoms. The fourth-order valence-corrected chi connectivity index (χ4v) is 5.09. The lowest BCUT2D eigenvalue weighted by Gasteiger charge is -2.28. The van der Waals surface area contributed by atoms with Gasteiger partial charge in [0.25, 0.3) is 10.0 Å². The van der Waals surface area contributed by atoms with Crippen LogP contribution in [0.5, 0.6) is 0 Å². The zero-order chi connectivity index (χ0) is 18.0. The van der Waals surface area contributed by atoms with Gasteiger partial charge in [0, 0.05) is 24.5 Å². The molecule has 26 heavy (non-hydrogen) atoms. The van der Waals surface area contributed by atoms with E-state index in [0.717, 1.165) is 32.4 Å². The molecule has 0 aromatic heterocycles. The van der Waals surface area contributed by atoms with E-state index >= 15 is 0 Å². The van der Waals surface area contributed by atoms with Crippen molar-refractivity contribution < 1.29 is 8.42 Å². The first kappa shape index (κ1) is 17.4. The Morgan fingerprint density at radius 3 is 2.19 bits per heavy atom. The number of nitrogens with zero attached hydrogens (tertiary/aromatic N) is 1. The van der Waals surface area contributed by atoms with E-state index in [1.807, 2.05) is 36.4 Å². The molecule has 4 nitrogen and oxygen atoms in total. The van der Waals surface area contributed by atoms with Crippen LogP contribution in [0.3, 0.4) is 0 Å². The Balaban J connectivity index is 1.50. The average molecular weight is 371 g/mol. The molecule has 1 heterocycles. The van der Waals surface area contributed by atoms with Crippen LogP contribution in [0.15, 0.2) is 47.4 Å². The minimum atomic E-state index is -3.55. The maximum absolute atomic E-state index is 12.8. The molecule has 1 fully saturated rings. The predicted molar refractivity (Wildman–Crippen MR) is 106 cm³/mol. The first-order chi connectivity index (χ1) is 12.6. The lowest BCUT2D eigenvalue weighted by atomic mass is 9.92. The Kier molecular flexibility index (Phi) is 4.90. The van der Waals surface area contributed by atoms with E-state index in [-0.39, 0.29) is 0 Å². The summed E-state index contributed by atoms with van der Waals surface area (Å²) >= 11 is 0. The first-order valence-electron chi connectivity index (χ1n) is 9.61. The highest BCUT2D eigenvalue weighted by Gasteiger charge is 2.18. The largest absolute Gasteiger partial charge is 0.372 e. The molecule has 0 spiro atoms. The summed E-state index contributed by atoms with van der Waals surface area (Å²) in [6.07, 6.45) is 8.13. The summed E-state index contributed by atoms with van der Waals surface area (Å²) in [5.41, 5.74) is 4.26. The standard InChI is InChI=1S/C21H26N2O2S/c24-26(25,21-13-8-17-6-2-3-7-18(17)16-21)22-19-9-11-20(12-10-19)23-14-4-1-5-15-23/h8-13,16,22H,1-7,14-15H2. The van der Waals surface area contributed by atoms with E-state index in [9.17, 15) is 8.42 Å². The van der Waals surface area contributed by atoms with Crippen molar-refractivity contribution in [2.75, 3.05) is 22.7 Å². The molecule has 1 saturated heterocycles. The van der Waals surface area contributed by atoms with Crippen LogP contribution in [0.1, 0.15) is 43.2 Å². The Labute approximate surface area is 156 Å². The van der Waals surface area contributed by atoms with E-state index in [0.29, 0.717) is 10.6 Å². The van der Waals surface area contributed by atoms with Crippen LogP contribution in [-0.2, 0) is 22.9 Å². The van der Waals surface area contributed by atoms with Gasteiger partial charge in [-0.15, -0.1) is 0 Å². The SMILES string of the molecule is O=S(=O)(Nc1ccc(N2CCCCC2)cc1)c1ccc2c(c1)CCCC2. The van der Waals surface area contributed by atoms with Crippen LogP contribution in [0.4, 0.5) is 11.4 Å². The van der Waals surface area contributed by atoms with Gasteiger partial charge < -0.3 is 4.90 Å². The second kappa shape index (κ2) is 7.31. The van der Waals surface area contributed by atoms with Gasteiger partial charge in [0.05, 0.1) is 4.90 Å². The number of rotatable bonds is 4. The molecule has 0 saturated carbocycles. The molecule has 0 radical (unpaired) electrons. The Morgan fingerprint density at radius 1 is 0.769 bits per heavy atom. The minimum Gasteiger partial charge on any atom is -0.372 e. The molecule has 1 N–H and O–H groups in total. The zero-order valence-electron chi connectivity index (χ0n) is 15.1. The van der Waals surface area contributed by atoms with E-state index in [1.54, 1.807) is 6.07 Å². The smallest absolute Gasteiger partial charge is 0.261 e. The lowest BCUT2D eigenvalue weighted by Crippen LogP contribution is -2.29. The third-order valence-electron chi connectivity index (χ3n) is 5.47. The van der Waals surface area contributed by atoms with Crippen LogP contribution in [0.25, 0.3) is 0 Å². The highest BCUT2D eigenvalue weighted by molar-refractivity contribution is 7.92. The van der Waals surface area contributed by atoms with Gasteiger partial charge in [0.15, 0.2) is 0 Å².